The standard InChI is InChI=1S/C13H19Cl2NO/c1-9(2)13(8-17-3)16-7-10-4-5-11(14)6-12(10)15/h4-6,9,13,16H,7-8H2,1-3H3. The average Bonchev–Trinajstić information content (AvgIpc) is 2.25. The Balaban J connectivity index is 2.59. The minimum atomic E-state index is 0.326. The Morgan fingerprint density at radius 2 is 2.00 bits per heavy atom. The molecule has 0 bridgehead atoms. The molecule has 0 amide bonds. The van der Waals surface area contributed by atoms with Gasteiger partial charge in [0.2, 0.25) is 0 Å². The molecule has 17 heavy (non-hydrogen) atoms. The molecule has 4 heteroatoms. The number of benzene rings is 1. The van der Waals surface area contributed by atoms with Gasteiger partial charge in [-0.3, -0.25) is 0 Å². The summed E-state index contributed by atoms with van der Waals surface area (Å²) in [4.78, 5) is 0. The van der Waals surface area contributed by atoms with Crippen molar-refractivity contribution in [3.63, 3.8) is 0 Å². The molecule has 1 aromatic carbocycles. The lowest BCUT2D eigenvalue weighted by atomic mass is 10.0. The smallest absolute Gasteiger partial charge is 0.0618 e. The van der Waals surface area contributed by atoms with E-state index in [9.17, 15) is 0 Å². The van der Waals surface area contributed by atoms with E-state index in [1.54, 1.807) is 13.2 Å². The largest absolute Gasteiger partial charge is 0.383 e. The van der Waals surface area contributed by atoms with Crippen molar-refractivity contribution in [2.24, 2.45) is 5.92 Å². The van der Waals surface area contributed by atoms with Gasteiger partial charge in [-0.1, -0.05) is 43.1 Å². The van der Waals surface area contributed by atoms with Gasteiger partial charge in [-0.25, -0.2) is 0 Å². The lowest BCUT2D eigenvalue weighted by Crippen LogP contribution is -2.37. The summed E-state index contributed by atoms with van der Waals surface area (Å²) in [6.45, 7) is 5.76. The SMILES string of the molecule is COCC(NCc1ccc(Cl)cc1Cl)C(C)C. The molecule has 0 fully saturated rings. The Kier molecular flexibility index (Phi) is 6.28. The Hall–Kier alpha value is -0.280. The van der Waals surface area contributed by atoms with Gasteiger partial charge in [0.25, 0.3) is 0 Å². The maximum Gasteiger partial charge on any atom is 0.0618 e. The molecular formula is C13H19Cl2NO. The van der Waals surface area contributed by atoms with E-state index in [0.29, 0.717) is 28.6 Å². The molecule has 1 N–H and O–H groups in total. The third-order valence-corrected chi connectivity index (χ3v) is 3.31. The highest BCUT2D eigenvalue weighted by Crippen LogP contribution is 2.21. The van der Waals surface area contributed by atoms with E-state index in [2.05, 4.69) is 19.2 Å². The predicted molar refractivity (Wildman–Crippen MR) is 73.8 cm³/mol. The van der Waals surface area contributed by atoms with Gasteiger partial charge in [0, 0.05) is 29.7 Å². The molecule has 0 radical (unpaired) electrons. The van der Waals surface area contributed by atoms with Crippen LogP contribution < -0.4 is 5.32 Å². The second kappa shape index (κ2) is 7.22. The molecule has 0 aliphatic rings. The zero-order valence-electron chi connectivity index (χ0n) is 10.5. The zero-order chi connectivity index (χ0) is 12.8. The normalized spacial score (nSPS) is 13.1. The highest BCUT2D eigenvalue weighted by Gasteiger charge is 2.12. The van der Waals surface area contributed by atoms with Crippen LogP contribution in [0.25, 0.3) is 0 Å². The van der Waals surface area contributed by atoms with Crippen molar-refractivity contribution in [1.29, 1.82) is 0 Å². The number of ether oxygens (including phenoxy) is 1. The first kappa shape index (κ1) is 14.8. The second-order valence-electron chi connectivity index (χ2n) is 4.42. The monoisotopic (exact) mass is 275 g/mol. The fraction of sp³-hybridized carbons (Fsp3) is 0.538. The topological polar surface area (TPSA) is 21.3 Å². The molecule has 0 spiro atoms. The van der Waals surface area contributed by atoms with Crippen LogP contribution in [-0.4, -0.2) is 19.8 Å². The van der Waals surface area contributed by atoms with Gasteiger partial charge in [-0.15, -0.1) is 0 Å². The summed E-state index contributed by atoms with van der Waals surface area (Å²) in [5.41, 5.74) is 1.05. The number of hydrogen-bond acceptors (Lipinski definition) is 2. The van der Waals surface area contributed by atoms with Gasteiger partial charge in [0.05, 0.1) is 6.61 Å². The van der Waals surface area contributed by atoms with Crippen LogP contribution in [0.3, 0.4) is 0 Å². The van der Waals surface area contributed by atoms with Crippen molar-refractivity contribution >= 4 is 23.2 Å². The van der Waals surface area contributed by atoms with Crippen molar-refractivity contribution in [1.82, 2.24) is 5.32 Å². The number of hydrogen-bond donors (Lipinski definition) is 1. The summed E-state index contributed by atoms with van der Waals surface area (Å²) >= 11 is 12.0. The number of rotatable bonds is 6. The van der Waals surface area contributed by atoms with Gasteiger partial charge >= 0.3 is 0 Å². The van der Waals surface area contributed by atoms with Crippen molar-refractivity contribution in [2.75, 3.05) is 13.7 Å². The van der Waals surface area contributed by atoms with Crippen molar-refractivity contribution in [3.05, 3.63) is 33.8 Å². The van der Waals surface area contributed by atoms with Crippen LogP contribution >= 0.6 is 23.2 Å². The predicted octanol–water partition coefficient (Wildman–Crippen LogP) is 3.75. The summed E-state index contributed by atoms with van der Waals surface area (Å²) in [6, 6.07) is 5.89. The van der Waals surface area contributed by atoms with Gasteiger partial charge in [0.15, 0.2) is 0 Å². The molecule has 0 saturated carbocycles. The molecular weight excluding hydrogens is 257 g/mol. The first-order valence-electron chi connectivity index (χ1n) is 5.70. The van der Waals surface area contributed by atoms with E-state index >= 15 is 0 Å². The van der Waals surface area contributed by atoms with Crippen LogP contribution in [0.5, 0.6) is 0 Å². The number of nitrogens with one attached hydrogen (secondary N) is 1. The number of methoxy groups -OCH3 is 1. The zero-order valence-corrected chi connectivity index (χ0v) is 12.0. The minimum absolute atomic E-state index is 0.326. The van der Waals surface area contributed by atoms with E-state index in [1.807, 2.05) is 12.1 Å². The Bertz CT molecular complexity index is 355. The van der Waals surface area contributed by atoms with Gasteiger partial charge in [-0.05, 0) is 23.6 Å². The summed E-state index contributed by atoms with van der Waals surface area (Å²) < 4.78 is 5.19. The first-order valence-corrected chi connectivity index (χ1v) is 6.46. The van der Waals surface area contributed by atoms with Crippen molar-refractivity contribution in [2.45, 2.75) is 26.4 Å². The maximum absolute atomic E-state index is 6.11. The quantitative estimate of drug-likeness (QED) is 0.854. The number of halogens is 2. The second-order valence-corrected chi connectivity index (χ2v) is 5.27. The maximum atomic E-state index is 6.11. The Morgan fingerprint density at radius 3 is 2.53 bits per heavy atom. The highest BCUT2D eigenvalue weighted by molar-refractivity contribution is 6.35. The van der Waals surface area contributed by atoms with Crippen LogP contribution in [0.4, 0.5) is 0 Å². The fourth-order valence-electron chi connectivity index (χ4n) is 1.57. The Morgan fingerprint density at radius 1 is 1.29 bits per heavy atom. The molecule has 96 valence electrons. The van der Waals surface area contributed by atoms with Crippen LogP contribution in [0.15, 0.2) is 18.2 Å². The molecule has 0 aliphatic heterocycles. The van der Waals surface area contributed by atoms with Crippen LogP contribution in [0.1, 0.15) is 19.4 Å². The molecule has 1 unspecified atom stereocenters. The van der Waals surface area contributed by atoms with Crippen molar-refractivity contribution < 1.29 is 4.74 Å². The van der Waals surface area contributed by atoms with E-state index in [4.69, 9.17) is 27.9 Å². The highest BCUT2D eigenvalue weighted by atomic mass is 35.5. The van der Waals surface area contributed by atoms with Gasteiger partial charge < -0.3 is 10.1 Å². The van der Waals surface area contributed by atoms with E-state index in [0.717, 1.165) is 12.1 Å². The van der Waals surface area contributed by atoms with E-state index in [-0.39, 0.29) is 0 Å². The third kappa shape index (κ3) is 4.84. The summed E-state index contributed by atoms with van der Waals surface area (Å²) in [5.74, 6) is 0.515. The van der Waals surface area contributed by atoms with Crippen molar-refractivity contribution in [3.8, 4) is 0 Å². The van der Waals surface area contributed by atoms with Gasteiger partial charge in [0.1, 0.15) is 0 Å². The van der Waals surface area contributed by atoms with Crippen LogP contribution in [-0.2, 0) is 11.3 Å². The van der Waals surface area contributed by atoms with Crippen LogP contribution in [0, 0.1) is 5.92 Å². The van der Waals surface area contributed by atoms with Gasteiger partial charge in [-0.2, -0.15) is 0 Å². The first-order chi connectivity index (χ1) is 8.04. The summed E-state index contributed by atoms with van der Waals surface area (Å²) in [7, 11) is 1.71. The minimum Gasteiger partial charge on any atom is -0.383 e. The van der Waals surface area contributed by atoms with Crippen LogP contribution in [0.2, 0.25) is 10.0 Å². The molecule has 0 aromatic heterocycles. The molecule has 2 nitrogen and oxygen atoms in total. The molecule has 1 atom stereocenters. The lowest BCUT2D eigenvalue weighted by molar-refractivity contribution is 0.146. The molecule has 0 heterocycles. The summed E-state index contributed by atoms with van der Waals surface area (Å²) in [5, 5.41) is 4.81. The third-order valence-electron chi connectivity index (χ3n) is 2.72. The van der Waals surface area contributed by atoms with E-state index in [1.165, 1.54) is 0 Å². The average molecular weight is 276 g/mol. The Labute approximate surface area is 113 Å². The lowest BCUT2D eigenvalue weighted by Gasteiger charge is -2.22. The molecule has 1 rings (SSSR count). The fourth-order valence-corrected chi connectivity index (χ4v) is 2.05. The van der Waals surface area contributed by atoms with E-state index < -0.39 is 0 Å². The molecule has 0 aliphatic carbocycles. The summed E-state index contributed by atoms with van der Waals surface area (Å²) in [6.07, 6.45) is 0. The molecule has 0 saturated heterocycles. The molecule has 1 aromatic rings.